The number of non-ortho nitro benzene ring substituents is 1. The Hall–Kier alpha value is -3.58. The van der Waals surface area contributed by atoms with Crippen molar-refractivity contribution in [3.8, 4) is 0 Å². The van der Waals surface area contributed by atoms with Crippen molar-refractivity contribution in [3.05, 3.63) is 99.9 Å². The molecular weight excluding hydrogens is 386 g/mol. The van der Waals surface area contributed by atoms with E-state index in [1.807, 2.05) is 38.1 Å². The zero-order chi connectivity index (χ0) is 21.0. The molecule has 0 saturated carbocycles. The van der Waals surface area contributed by atoms with E-state index in [-0.39, 0.29) is 22.1 Å². The third-order valence-electron chi connectivity index (χ3n) is 4.37. The molecule has 2 aromatic carbocycles. The number of nitro groups is 1. The Morgan fingerprint density at radius 2 is 1.69 bits per heavy atom. The van der Waals surface area contributed by atoms with Crippen molar-refractivity contribution in [2.45, 2.75) is 13.8 Å². The van der Waals surface area contributed by atoms with Crippen molar-refractivity contribution >= 4 is 40.0 Å². The molecular formula is C22H19N3O3S. The Morgan fingerprint density at radius 3 is 2.28 bits per heavy atom. The van der Waals surface area contributed by atoms with Crippen LogP contribution in [0.4, 0.5) is 11.4 Å². The lowest BCUT2D eigenvalue weighted by atomic mass is 10.1. The molecule has 0 atom stereocenters. The van der Waals surface area contributed by atoms with E-state index >= 15 is 0 Å². The van der Waals surface area contributed by atoms with Crippen molar-refractivity contribution in [2.24, 2.45) is 0 Å². The average molecular weight is 405 g/mol. The lowest BCUT2D eigenvalue weighted by molar-refractivity contribution is -0.577. The van der Waals surface area contributed by atoms with Crippen LogP contribution < -0.4 is 15.0 Å². The van der Waals surface area contributed by atoms with E-state index in [1.54, 1.807) is 29.1 Å². The van der Waals surface area contributed by atoms with Gasteiger partial charge in [0.1, 0.15) is 0 Å². The van der Waals surface area contributed by atoms with Gasteiger partial charge < -0.3 is 10.4 Å². The smallest absolute Gasteiger partial charge is 0.269 e. The molecule has 0 radical (unpaired) electrons. The minimum Gasteiger partial charge on any atom is -0.867 e. The van der Waals surface area contributed by atoms with Crippen LogP contribution in [0.3, 0.4) is 0 Å². The fraction of sp³-hybridized carbons (Fsp3) is 0.0909. The highest BCUT2D eigenvalue weighted by molar-refractivity contribution is 7.81. The Labute approximate surface area is 173 Å². The zero-order valence-electron chi connectivity index (χ0n) is 16.0. The summed E-state index contributed by atoms with van der Waals surface area (Å²) in [5, 5.41) is 27.3. The standard InChI is InChI=1S/C22H19N3O3S/c1-15-6-11-19(16(2)14-15)23-22(29)20(24-12-4-3-5-13-24)21(26)17-7-9-18(10-8-17)25(27)28/h3-14H,1-2H3,(H-,23,26,29). The second-order valence-electron chi connectivity index (χ2n) is 6.54. The number of hydrogen-bond donors (Lipinski definition) is 1. The fourth-order valence-corrected chi connectivity index (χ4v) is 3.20. The van der Waals surface area contributed by atoms with Gasteiger partial charge in [-0.3, -0.25) is 10.1 Å². The molecule has 146 valence electrons. The Morgan fingerprint density at radius 1 is 1.03 bits per heavy atom. The normalized spacial score (nSPS) is 11.5. The minimum atomic E-state index is -0.503. The summed E-state index contributed by atoms with van der Waals surface area (Å²) in [6.07, 6.45) is 3.46. The molecule has 7 heteroatoms. The predicted octanol–water partition coefficient (Wildman–Crippen LogP) is 3.62. The highest BCUT2D eigenvalue weighted by Gasteiger charge is 2.19. The summed E-state index contributed by atoms with van der Waals surface area (Å²) in [7, 11) is 0. The lowest BCUT2D eigenvalue weighted by Gasteiger charge is -2.17. The number of hydrogen-bond acceptors (Lipinski definition) is 4. The Balaban J connectivity index is 2.05. The molecule has 0 aliphatic heterocycles. The third-order valence-corrected chi connectivity index (χ3v) is 4.67. The van der Waals surface area contributed by atoms with Gasteiger partial charge in [0, 0.05) is 30.0 Å². The quantitative estimate of drug-likeness (QED) is 0.175. The van der Waals surface area contributed by atoms with E-state index in [1.165, 1.54) is 24.3 Å². The van der Waals surface area contributed by atoms with Crippen molar-refractivity contribution in [1.29, 1.82) is 0 Å². The van der Waals surface area contributed by atoms with E-state index < -0.39 is 4.92 Å². The SMILES string of the molecule is Cc1ccc(NC(=S)C(=C([O-])c2ccc([N+](=O)[O-])cc2)[n+]2ccccc2)c(C)c1. The topological polar surface area (TPSA) is 82.1 Å². The first-order valence-electron chi connectivity index (χ1n) is 8.88. The van der Waals surface area contributed by atoms with Crippen LogP contribution in [0.1, 0.15) is 16.7 Å². The molecule has 0 unspecified atom stereocenters. The van der Waals surface area contributed by atoms with Gasteiger partial charge in [0.25, 0.3) is 5.69 Å². The Kier molecular flexibility index (Phi) is 5.99. The molecule has 6 nitrogen and oxygen atoms in total. The monoisotopic (exact) mass is 405 g/mol. The van der Waals surface area contributed by atoms with Gasteiger partial charge in [-0.25, -0.2) is 0 Å². The van der Waals surface area contributed by atoms with Gasteiger partial charge in [-0.15, -0.1) is 0 Å². The summed E-state index contributed by atoms with van der Waals surface area (Å²) in [4.78, 5) is 10.6. The van der Waals surface area contributed by atoms with Gasteiger partial charge in [-0.05, 0) is 48.9 Å². The first-order chi connectivity index (χ1) is 13.9. The maximum atomic E-state index is 13.2. The second-order valence-corrected chi connectivity index (χ2v) is 6.95. The molecule has 29 heavy (non-hydrogen) atoms. The number of nitrogens with zero attached hydrogens (tertiary/aromatic N) is 2. The minimum absolute atomic E-state index is 0.0774. The van der Waals surface area contributed by atoms with Crippen LogP contribution in [0.25, 0.3) is 11.5 Å². The third kappa shape index (κ3) is 4.64. The summed E-state index contributed by atoms with van der Waals surface area (Å²) in [5.74, 6) is -0.335. The number of thiocarbonyl (C=S) groups is 1. The molecule has 0 amide bonds. The summed E-state index contributed by atoms with van der Waals surface area (Å²) >= 11 is 5.58. The first-order valence-corrected chi connectivity index (χ1v) is 9.29. The van der Waals surface area contributed by atoms with E-state index in [0.29, 0.717) is 5.56 Å². The van der Waals surface area contributed by atoms with Gasteiger partial charge >= 0.3 is 0 Å². The number of aryl methyl sites for hydroxylation is 2. The zero-order valence-corrected chi connectivity index (χ0v) is 16.8. The van der Waals surface area contributed by atoms with Crippen molar-refractivity contribution in [1.82, 2.24) is 0 Å². The molecule has 1 heterocycles. The number of anilines is 1. The van der Waals surface area contributed by atoms with Crippen molar-refractivity contribution in [2.75, 3.05) is 5.32 Å². The summed E-state index contributed by atoms with van der Waals surface area (Å²) in [5.41, 5.74) is 3.44. The van der Waals surface area contributed by atoms with Gasteiger partial charge in [-0.1, -0.05) is 36.0 Å². The molecule has 1 N–H and O–H groups in total. The van der Waals surface area contributed by atoms with Gasteiger partial charge in [0.05, 0.1) is 4.92 Å². The van der Waals surface area contributed by atoms with Crippen LogP contribution in [0.15, 0.2) is 73.1 Å². The van der Waals surface area contributed by atoms with E-state index in [4.69, 9.17) is 12.2 Å². The predicted molar refractivity (Wildman–Crippen MR) is 115 cm³/mol. The van der Waals surface area contributed by atoms with Crippen molar-refractivity contribution in [3.63, 3.8) is 0 Å². The van der Waals surface area contributed by atoms with Crippen LogP contribution in [0.2, 0.25) is 0 Å². The summed E-state index contributed by atoms with van der Waals surface area (Å²) in [6, 6.07) is 16.8. The molecule has 0 saturated heterocycles. The number of benzene rings is 2. The number of nitrogens with one attached hydrogen (secondary N) is 1. The lowest BCUT2D eigenvalue weighted by Crippen LogP contribution is -2.39. The summed E-state index contributed by atoms with van der Waals surface area (Å²) < 4.78 is 1.64. The van der Waals surface area contributed by atoms with E-state index in [2.05, 4.69) is 5.32 Å². The molecule has 3 aromatic rings. The summed E-state index contributed by atoms with van der Waals surface area (Å²) in [6.45, 7) is 3.97. The number of nitro benzene ring substituents is 1. The Bertz CT molecular complexity index is 1090. The average Bonchev–Trinajstić information content (AvgIpc) is 2.71. The van der Waals surface area contributed by atoms with Crippen LogP contribution in [0, 0.1) is 24.0 Å². The van der Waals surface area contributed by atoms with Crippen LogP contribution >= 0.6 is 12.2 Å². The molecule has 0 fully saturated rings. The van der Waals surface area contributed by atoms with E-state index in [9.17, 15) is 15.2 Å². The molecule has 0 aliphatic rings. The van der Waals surface area contributed by atoms with Crippen LogP contribution in [-0.4, -0.2) is 9.91 Å². The highest BCUT2D eigenvalue weighted by Crippen LogP contribution is 2.21. The molecule has 0 aliphatic carbocycles. The maximum Gasteiger partial charge on any atom is 0.269 e. The van der Waals surface area contributed by atoms with Gasteiger partial charge in [-0.2, -0.15) is 4.57 Å². The largest absolute Gasteiger partial charge is 0.867 e. The molecule has 3 rings (SSSR count). The molecule has 0 bridgehead atoms. The maximum absolute atomic E-state index is 13.2. The van der Waals surface area contributed by atoms with Gasteiger partial charge in [0.2, 0.25) is 5.70 Å². The van der Waals surface area contributed by atoms with Crippen molar-refractivity contribution < 1.29 is 14.6 Å². The molecule has 0 spiro atoms. The number of pyridine rings is 1. The number of rotatable bonds is 5. The highest BCUT2D eigenvalue weighted by atomic mass is 32.1. The number of aromatic nitrogens is 1. The molecule has 1 aromatic heterocycles. The van der Waals surface area contributed by atoms with Crippen LogP contribution in [-0.2, 0) is 0 Å². The fourth-order valence-electron chi connectivity index (χ4n) is 2.89. The second kappa shape index (κ2) is 8.62. The van der Waals surface area contributed by atoms with Gasteiger partial charge in [0.15, 0.2) is 17.4 Å². The first kappa shape index (κ1) is 20.2. The van der Waals surface area contributed by atoms with E-state index in [0.717, 1.165) is 16.8 Å². The van der Waals surface area contributed by atoms with Crippen LogP contribution in [0.5, 0.6) is 0 Å².